The van der Waals surface area contributed by atoms with Crippen molar-refractivity contribution in [2.24, 2.45) is 0 Å². The van der Waals surface area contributed by atoms with Gasteiger partial charge >= 0.3 is 17.9 Å². The lowest BCUT2D eigenvalue weighted by Gasteiger charge is -2.18. The normalized spacial score (nSPS) is 12.9. The summed E-state index contributed by atoms with van der Waals surface area (Å²) in [7, 11) is 0. The van der Waals surface area contributed by atoms with E-state index < -0.39 is 6.10 Å². The van der Waals surface area contributed by atoms with E-state index in [2.05, 4.69) is 118 Å². The minimum Gasteiger partial charge on any atom is -0.462 e. The lowest BCUT2D eigenvalue weighted by Crippen LogP contribution is -2.30. The van der Waals surface area contributed by atoms with Crippen LogP contribution in [0.2, 0.25) is 0 Å². The van der Waals surface area contributed by atoms with Gasteiger partial charge in [0, 0.05) is 19.3 Å². The minimum absolute atomic E-state index is 0.109. The molecule has 0 saturated heterocycles. The van der Waals surface area contributed by atoms with Crippen molar-refractivity contribution in [1.82, 2.24) is 0 Å². The molecule has 0 aromatic carbocycles. The largest absolute Gasteiger partial charge is 0.462 e. The van der Waals surface area contributed by atoms with Crippen LogP contribution in [0.25, 0.3) is 0 Å². The lowest BCUT2D eigenvalue weighted by atomic mass is 10.1. The number of carbonyl (C=O) groups is 3. The van der Waals surface area contributed by atoms with Gasteiger partial charge in [0.05, 0.1) is 0 Å². The molecule has 0 fully saturated rings. The fourth-order valence-corrected chi connectivity index (χ4v) is 6.32. The van der Waals surface area contributed by atoms with Gasteiger partial charge in [-0.1, -0.05) is 176 Å². The number of hydrogen-bond acceptors (Lipinski definition) is 6. The second-order valence-electron chi connectivity index (χ2n) is 16.0. The zero-order valence-corrected chi connectivity index (χ0v) is 39.4. The fourth-order valence-electron chi connectivity index (χ4n) is 6.32. The maximum Gasteiger partial charge on any atom is 0.306 e. The highest BCUT2D eigenvalue weighted by atomic mass is 16.6. The van der Waals surface area contributed by atoms with Crippen molar-refractivity contribution in [2.45, 2.75) is 219 Å². The van der Waals surface area contributed by atoms with Crippen LogP contribution in [0.1, 0.15) is 213 Å². The molecule has 0 amide bonds. The second kappa shape index (κ2) is 49.0. The Morgan fingerprint density at radius 3 is 1.08 bits per heavy atom. The quantitative estimate of drug-likeness (QED) is 0.0263. The van der Waals surface area contributed by atoms with Crippen molar-refractivity contribution in [3.63, 3.8) is 0 Å². The van der Waals surface area contributed by atoms with Crippen molar-refractivity contribution in [1.29, 1.82) is 0 Å². The number of esters is 3. The SMILES string of the molecule is CC/C=C\C/C=C\C/C=C\CCCCCCC(=O)OC(COC(=O)CCC/C=C\C/C=C\C/C=C\C/C=C\CCCCC)COC(=O)CCCCCCC/C=C\CCCCC. The first kappa shape index (κ1) is 57.3. The molecule has 0 radical (unpaired) electrons. The molecule has 6 heteroatoms. The molecular weight excluding hydrogens is 757 g/mol. The van der Waals surface area contributed by atoms with Crippen molar-refractivity contribution >= 4 is 17.9 Å². The summed E-state index contributed by atoms with van der Waals surface area (Å²) < 4.78 is 16.7. The van der Waals surface area contributed by atoms with Crippen LogP contribution in [0, 0.1) is 0 Å². The van der Waals surface area contributed by atoms with Gasteiger partial charge in [-0.25, -0.2) is 0 Å². The molecular formula is C55H90O6. The van der Waals surface area contributed by atoms with Gasteiger partial charge in [0.25, 0.3) is 0 Å². The van der Waals surface area contributed by atoms with Crippen LogP contribution in [-0.2, 0) is 28.6 Å². The fraction of sp³-hybridized carbons (Fsp3) is 0.655. The molecule has 6 nitrogen and oxygen atoms in total. The predicted molar refractivity (Wildman–Crippen MR) is 260 cm³/mol. The highest BCUT2D eigenvalue weighted by molar-refractivity contribution is 5.71. The Hall–Kier alpha value is -3.67. The number of carbonyl (C=O) groups excluding carboxylic acids is 3. The van der Waals surface area contributed by atoms with Crippen LogP contribution in [-0.4, -0.2) is 37.2 Å². The monoisotopic (exact) mass is 847 g/mol. The Morgan fingerprint density at radius 1 is 0.344 bits per heavy atom. The van der Waals surface area contributed by atoms with Crippen LogP contribution in [0.4, 0.5) is 0 Å². The molecule has 0 aliphatic heterocycles. The molecule has 0 rings (SSSR count). The lowest BCUT2D eigenvalue weighted by molar-refractivity contribution is -0.167. The smallest absolute Gasteiger partial charge is 0.306 e. The minimum atomic E-state index is -0.814. The Labute approximate surface area is 375 Å². The Bertz CT molecular complexity index is 1250. The summed E-state index contributed by atoms with van der Waals surface area (Å²) in [6.45, 7) is 6.38. The van der Waals surface area contributed by atoms with E-state index in [4.69, 9.17) is 14.2 Å². The Kier molecular flexibility index (Phi) is 46.0. The summed E-state index contributed by atoms with van der Waals surface area (Å²) in [5.41, 5.74) is 0. The van der Waals surface area contributed by atoms with Gasteiger partial charge in [-0.3, -0.25) is 14.4 Å². The third kappa shape index (κ3) is 47.2. The standard InChI is InChI=1S/C55H90O6/c1-4-7-10-13-16-19-22-25-27-28-29-31-33-36-39-42-45-48-54(57)60-51-52(50-59-53(56)47-44-41-38-35-32-24-21-18-15-12-9-6-3)61-55(58)49-46-43-40-37-34-30-26-23-20-17-14-11-8-5-2/h8,11,16-21,25-27,29-31,36,39,52H,4-7,9-10,12-15,22-24,28,32-35,37-38,40-51H2,1-3H3/b11-8-,19-16-,20-17-,21-18-,27-25-,30-26-,31-29-,39-36-. The predicted octanol–water partition coefficient (Wildman–Crippen LogP) is 16.2. The molecule has 0 aromatic heterocycles. The van der Waals surface area contributed by atoms with E-state index in [0.29, 0.717) is 12.8 Å². The van der Waals surface area contributed by atoms with Gasteiger partial charge < -0.3 is 14.2 Å². The number of unbranched alkanes of at least 4 members (excludes halogenated alkanes) is 16. The maximum absolute atomic E-state index is 12.8. The molecule has 0 bridgehead atoms. The van der Waals surface area contributed by atoms with E-state index in [1.807, 2.05) is 0 Å². The molecule has 1 atom stereocenters. The van der Waals surface area contributed by atoms with Gasteiger partial charge in [-0.15, -0.1) is 0 Å². The van der Waals surface area contributed by atoms with E-state index >= 15 is 0 Å². The van der Waals surface area contributed by atoms with Crippen molar-refractivity contribution in [3.8, 4) is 0 Å². The summed E-state index contributed by atoms with van der Waals surface area (Å²) >= 11 is 0. The zero-order chi connectivity index (χ0) is 44.4. The van der Waals surface area contributed by atoms with Crippen LogP contribution >= 0.6 is 0 Å². The first-order valence-corrected chi connectivity index (χ1v) is 24.7. The van der Waals surface area contributed by atoms with Crippen molar-refractivity contribution in [2.75, 3.05) is 13.2 Å². The number of hydrogen-bond donors (Lipinski definition) is 0. The van der Waals surface area contributed by atoms with Crippen LogP contribution < -0.4 is 0 Å². The van der Waals surface area contributed by atoms with E-state index in [0.717, 1.165) is 109 Å². The number of allylic oxidation sites excluding steroid dienone is 16. The summed E-state index contributed by atoms with van der Waals surface area (Å²) in [6, 6.07) is 0. The first-order valence-electron chi connectivity index (χ1n) is 24.7. The van der Waals surface area contributed by atoms with Crippen LogP contribution in [0.15, 0.2) is 97.2 Å². The van der Waals surface area contributed by atoms with Gasteiger partial charge in [0.15, 0.2) is 6.10 Å². The molecule has 0 aliphatic rings. The van der Waals surface area contributed by atoms with Crippen LogP contribution in [0.5, 0.6) is 0 Å². The maximum atomic E-state index is 12.8. The summed E-state index contributed by atoms with van der Waals surface area (Å²) in [5.74, 6) is -1.01. The number of ether oxygens (including phenoxy) is 3. The third-order valence-electron chi connectivity index (χ3n) is 10.0. The van der Waals surface area contributed by atoms with Crippen LogP contribution in [0.3, 0.4) is 0 Å². The molecule has 0 spiro atoms. The molecule has 0 N–H and O–H groups in total. The molecule has 0 aliphatic carbocycles. The molecule has 61 heavy (non-hydrogen) atoms. The molecule has 1 unspecified atom stereocenters. The highest BCUT2D eigenvalue weighted by Crippen LogP contribution is 2.12. The highest BCUT2D eigenvalue weighted by Gasteiger charge is 2.19. The van der Waals surface area contributed by atoms with E-state index in [1.165, 1.54) is 57.8 Å². The third-order valence-corrected chi connectivity index (χ3v) is 10.0. The topological polar surface area (TPSA) is 78.9 Å². The van der Waals surface area contributed by atoms with E-state index in [1.54, 1.807) is 0 Å². The summed E-state index contributed by atoms with van der Waals surface area (Å²) in [5, 5.41) is 0. The van der Waals surface area contributed by atoms with E-state index in [9.17, 15) is 14.4 Å². The Morgan fingerprint density at radius 2 is 0.656 bits per heavy atom. The molecule has 0 aromatic rings. The van der Waals surface area contributed by atoms with Gasteiger partial charge in [-0.2, -0.15) is 0 Å². The van der Waals surface area contributed by atoms with Gasteiger partial charge in [0.2, 0.25) is 0 Å². The first-order chi connectivity index (χ1) is 30.0. The average Bonchev–Trinajstić information content (AvgIpc) is 3.26. The molecule has 0 saturated carbocycles. The van der Waals surface area contributed by atoms with Crippen molar-refractivity contribution in [3.05, 3.63) is 97.2 Å². The number of rotatable bonds is 43. The summed E-state index contributed by atoms with van der Waals surface area (Å²) in [4.78, 5) is 37.9. The van der Waals surface area contributed by atoms with E-state index in [-0.39, 0.29) is 44.0 Å². The second-order valence-corrected chi connectivity index (χ2v) is 16.0. The zero-order valence-electron chi connectivity index (χ0n) is 39.4. The van der Waals surface area contributed by atoms with Gasteiger partial charge in [-0.05, 0) is 116 Å². The molecule has 346 valence electrons. The summed E-state index contributed by atoms with van der Waals surface area (Å²) in [6.07, 6.45) is 63.9. The van der Waals surface area contributed by atoms with Gasteiger partial charge in [0.1, 0.15) is 13.2 Å². The Balaban J connectivity index is 4.53. The van der Waals surface area contributed by atoms with Crippen molar-refractivity contribution < 1.29 is 28.6 Å². The molecule has 0 heterocycles. The average molecular weight is 847 g/mol.